The van der Waals surface area contributed by atoms with E-state index in [0.29, 0.717) is 0 Å². The van der Waals surface area contributed by atoms with Crippen LogP contribution in [0.2, 0.25) is 0 Å². The Morgan fingerprint density at radius 2 is 0.911 bits per heavy atom. The van der Waals surface area contributed by atoms with Crippen molar-refractivity contribution in [2.75, 3.05) is 0 Å². The lowest BCUT2D eigenvalue weighted by molar-refractivity contribution is 0.590. The zero-order valence-corrected chi connectivity index (χ0v) is 34.0. The Kier molecular flexibility index (Phi) is 6.00. The number of hydrogen-bond acceptors (Lipinski definition) is 2. The summed E-state index contributed by atoms with van der Waals surface area (Å²) in [7, 11) is 0. The van der Waals surface area contributed by atoms with Crippen LogP contribution >= 0.6 is 23.5 Å². The van der Waals surface area contributed by atoms with E-state index in [1.54, 1.807) is 0 Å². The highest BCUT2D eigenvalue weighted by molar-refractivity contribution is 8.00. The van der Waals surface area contributed by atoms with Crippen LogP contribution in [0.4, 0.5) is 0 Å². The molecule has 2 nitrogen and oxygen atoms in total. The van der Waals surface area contributed by atoms with Gasteiger partial charge in [-0.2, -0.15) is 0 Å². The third kappa shape index (κ3) is 3.90. The average molecular weight is 753 g/mol. The summed E-state index contributed by atoms with van der Waals surface area (Å²) >= 11 is 3.88. The molecule has 2 aromatic heterocycles. The van der Waals surface area contributed by atoms with Crippen molar-refractivity contribution in [1.29, 1.82) is 0 Å². The van der Waals surface area contributed by atoms with Crippen molar-refractivity contribution in [2.24, 2.45) is 0 Å². The molecule has 0 amide bonds. The summed E-state index contributed by atoms with van der Waals surface area (Å²) in [6.45, 7) is 14.4. The summed E-state index contributed by atoms with van der Waals surface area (Å²) in [5.74, 6) is 0. The van der Waals surface area contributed by atoms with Gasteiger partial charge in [-0.1, -0.05) is 155 Å². The molecule has 0 aliphatic carbocycles. The predicted molar refractivity (Wildman–Crippen MR) is 243 cm³/mol. The molecule has 0 N–H and O–H groups in total. The van der Waals surface area contributed by atoms with E-state index in [0.717, 1.165) is 0 Å². The molecule has 7 aromatic carbocycles. The topological polar surface area (TPSA) is 9.86 Å². The molecule has 0 unspecified atom stereocenters. The Hall–Kier alpha value is -5.03. The van der Waals surface area contributed by atoms with Crippen LogP contribution in [0.15, 0.2) is 141 Å². The molecule has 266 valence electrons. The molecular weight excluding hydrogens is 714 g/mol. The van der Waals surface area contributed by atoms with E-state index in [4.69, 9.17) is 0 Å². The number of rotatable bonds is 0. The molecule has 0 spiro atoms. The number of aromatic nitrogens is 2. The molecule has 13 rings (SSSR count). The smallest absolute Gasteiger partial charge is 0.249 e. The van der Waals surface area contributed by atoms with Crippen LogP contribution in [0.25, 0.3) is 55.0 Å². The van der Waals surface area contributed by atoms with Crippen molar-refractivity contribution >= 4 is 113 Å². The fourth-order valence-corrected chi connectivity index (χ4v) is 13.0. The fraction of sp³-hybridized carbons (Fsp3) is 0.160. The normalized spacial score (nSPS) is 14.8. The minimum Gasteiger partial charge on any atom is -0.310 e. The van der Waals surface area contributed by atoms with E-state index in [2.05, 4.69) is 172 Å². The minimum absolute atomic E-state index is 0.0360. The fourth-order valence-electron chi connectivity index (χ4n) is 10.8. The van der Waals surface area contributed by atoms with Gasteiger partial charge in [0, 0.05) is 52.5 Å². The standard InChI is InChI=1S/C50H38B2N2S2/c1-49(2,3)27-15-20-36-34(25-27)51-32-11-7-9-13-39(32)56-42-24-19-31-43-38(53(36)48(31)45(42)51)22-17-29-30-18-23-41-44-47(30)54(46(29)43)37-21-16-28(50(4,5)6)26-35(37)52(44)33-12-8-10-14-40(33)55-41/h7-26H,1-6H3. The second-order valence-corrected chi connectivity index (χ2v) is 20.6. The van der Waals surface area contributed by atoms with Crippen LogP contribution in [0.3, 0.4) is 0 Å². The van der Waals surface area contributed by atoms with E-state index < -0.39 is 0 Å². The third-order valence-electron chi connectivity index (χ3n) is 13.3. The monoisotopic (exact) mass is 752 g/mol. The summed E-state index contributed by atoms with van der Waals surface area (Å²) in [5.41, 5.74) is 19.4. The predicted octanol–water partition coefficient (Wildman–Crippen LogP) is 9.06. The van der Waals surface area contributed by atoms with E-state index in [-0.39, 0.29) is 24.3 Å². The average Bonchev–Trinajstić information content (AvgIpc) is 3.72. The van der Waals surface area contributed by atoms with Crippen LogP contribution in [-0.4, -0.2) is 22.6 Å². The van der Waals surface area contributed by atoms with Crippen LogP contribution in [-0.2, 0) is 10.8 Å². The molecular formula is C50H38B2N2S2. The molecule has 9 aromatic rings. The Morgan fingerprint density at radius 1 is 0.429 bits per heavy atom. The molecule has 4 aliphatic rings. The first-order valence-corrected chi connectivity index (χ1v) is 21.6. The molecule has 6 heteroatoms. The van der Waals surface area contributed by atoms with Gasteiger partial charge in [-0.25, -0.2) is 0 Å². The summed E-state index contributed by atoms with van der Waals surface area (Å²) in [4.78, 5) is 5.50. The second-order valence-electron chi connectivity index (χ2n) is 18.5. The highest BCUT2D eigenvalue weighted by Crippen LogP contribution is 2.47. The van der Waals surface area contributed by atoms with Gasteiger partial charge in [0.2, 0.25) is 13.4 Å². The first kappa shape index (κ1) is 32.1. The second kappa shape index (κ2) is 10.5. The zero-order chi connectivity index (χ0) is 37.6. The molecule has 0 fully saturated rings. The van der Waals surface area contributed by atoms with Crippen molar-refractivity contribution in [1.82, 2.24) is 9.13 Å². The summed E-state index contributed by atoms with van der Waals surface area (Å²) < 4.78 is 5.32. The molecule has 0 atom stereocenters. The van der Waals surface area contributed by atoms with E-state index in [1.807, 2.05) is 23.5 Å². The van der Waals surface area contributed by atoms with Crippen molar-refractivity contribution in [3.8, 4) is 11.4 Å². The minimum atomic E-state index is 0.0360. The Labute approximate surface area is 336 Å². The molecule has 0 bridgehead atoms. The Morgan fingerprint density at radius 3 is 1.48 bits per heavy atom. The summed E-state index contributed by atoms with van der Waals surface area (Å²) in [6.07, 6.45) is 0. The largest absolute Gasteiger partial charge is 0.310 e. The van der Waals surface area contributed by atoms with Crippen molar-refractivity contribution in [3.05, 3.63) is 132 Å². The van der Waals surface area contributed by atoms with Crippen molar-refractivity contribution in [3.63, 3.8) is 0 Å². The highest BCUT2D eigenvalue weighted by atomic mass is 32.2. The first-order valence-electron chi connectivity index (χ1n) is 20.0. The summed E-state index contributed by atoms with van der Waals surface area (Å²) in [5, 5.41) is 5.39. The summed E-state index contributed by atoms with van der Waals surface area (Å²) in [6, 6.07) is 47.5. The lowest BCUT2D eigenvalue weighted by atomic mass is 9.35. The van der Waals surface area contributed by atoms with E-state index in [1.165, 1.54) is 118 Å². The van der Waals surface area contributed by atoms with E-state index >= 15 is 0 Å². The number of hydrogen-bond donors (Lipinski definition) is 0. The number of nitrogens with zero attached hydrogens (tertiary/aromatic N) is 2. The molecule has 0 saturated carbocycles. The van der Waals surface area contributed by atoms with Crippen molar-refractivity contribution < 1.29 is 0 Å². The van der Waals surface area contributed by atoms with Gasteiger partial charge < -0.3 is 9.13 Å². The maximum Gasteiger partial charge on any atom is 0.249 e. The number of fused-ring (bicyclic) bond motifs is 17. The lowest BCUT2D eigenvalue weighted by Crippen LogP contribution is -2.58. The van der Waals surface area contributed by atoms with Crippen LogP contribution in [0, 0.1) is 0 Å². The highest BCUT2D eigenvalue weighted by Gasteiger charge is 2.43. The molecule has 4 aliphatic heterocycles. The van der Waals surface area contributed by atoms with Gasteiger partial charge in [-0.3, -0.25) is 0 Å². The molecule has 56 heavy (non-hydrogen) atoms. The quantitative estimate of drug-likeness (QED) is 0.143. The maximum absolute atomic E-state index is 2.69. The van der Waals surface area contributed by atoms with Gasteiger partial charge in [0.25, 0.3) is 0 Å². The van der Waals surface area contributed by atoms with Gasteiger partial charge in [0.05, 0.1) is 22.1 Å². The number of benzene rings is 7. The van der Waals surface area contributed by atoms with Crippen LogP contribution in [0.5, 0.6) is 0 Å². The maximum atomic E-state index is 2.69. The van der Waals surface area contributed by atoms with Crippen LogP contribution in [0.1, 0.15) is 52.7 Å². The SMILES string of the molecule is CC(C)(C)c1ccc2c(c1)B1c3ccccc3Sc3ccc4c5c(ccc6c7ccc8c9c7n(c65)-c5ccc(C(C)(C)C)cc5B9c5ccccc5S8)n-2c4c31. The zero-order valence-electron chi connectivity index (χ0n) is 32.4. The van der Waals surface area contributed by atoms with E-state index in [9.17, 15) is 0 Å². The molecule has 6 heterocycles. The van der Waals surface area contributed by atoms with Gasteiger partial charge in [0.1, 0.15) is 0 Å². The molecule has 0 radical (unpaired) electrons. The Balaban J connectivity index is 1.22. The Bertz CT molecular complexity index is 3300. The first-order chi connectivity index (χ1) is 27.1. The molecule has 0 saturated heterocycles. The van der Waals surface area contributed by atoms with Gasteiger partial charge in [-0.05, 0) is 86.3 Å². The van der Waals surface area contributed by atoms with Crippen LogP contribution < -0.4 is 32.8 Å². The van der Waals surface area contributed by atoms with Gasteiger partial charge >= 0.3 is 0 Å². The van der Waals surface area contributed by atoms with Gasteiger partial charge in [-0.15, -0.1) is 0 Å². The third-order valence-corrected chi connectivity index (χ3v) is 15.7. The van der Waals surface area contributed by atoms with Gasteiger partial charge in [0.15, 0.2) is 0 Å². The lowest BCUT2D eigenvalue weighted by Gasteiger charge is -2.34. The van der Waals surface area contributed by atoms with Crippen molar-refractivity contribution in [2.45, 2.75) is 72.0 Å².